The Morgan fingerprint density at radius 2 is 1.97 bits per heavy atom. The molecule has 31 heavy (non-hydrogen) atoms. The van der Waals surface area contributed by atoms with Gasteiger partial charge >= 0.3 is 6.18 Å². The molecule has 4 rings (SSSR count). The maximum atomic E-state index is 13.6. The number of benzene rings is 1. The summed E-state index contributed by atoms with van der Waals surface area (Å²) >= 11 is 0.672. The molecule has 3 heterocycles. The fourth-order valence-corrected chi connectivity index (χ4v) is 4.47. The molecule has 0 fully saturated rings. The third kappa shape index (κ3) is 4.35. The van der Waals surface area contributed by atoms with Gasteiger partial charge < -0.3 is 15.0 Å². The zero-order chi connectivity index (χ0) is 22.2. The van der Waals surface area contributed by atoms with Gasteiger partial charge in [-0.1, -0.05) is 12.1 Å². The fourth-order valence-electron chi connectivity index (χ4n) is 3.55. The van der Waals surface area contributed by atoms with E-state index in [0.717, 1.165) is 42.9 Å². The van der Waals surface area contributed by atoms with Crippen LogP contribution in [-0.2, 0) is 23.4 Å². The number of thiazole rings is 1. The molecule has 2 N–H and O–H groups in total. The topological polar surface area (TPSA) is 80.0 Å². The Hall–Kier alpha value is -2.72. The summed E-state index contributed by atoms with van der Waals surface area (Å²) in [6, 6.07) is 6.71. The molecule has 10 heteroatoms. The first-order chi connectivity index (χ1) is 14.7. The summed E-state index contributed by atoms with van der Waals surface area (Å²) < 4.78 is 42.8. The standard InChI is InChI=1S/C21H21F3N4O2S/c1-13-12-31-19(25-13)20(30,21(22,23)24)10-18(29)26-15-7-5-14(6-8-15)16-11-28-9-3-2-4-17(28)27-16/h5-8,11-12,30H,2-4,9-10H2,1H3,(H,26,29). The number of amides is 1. The van der Waals surface area contributed by atoms with Crippen LogP contribution in [0.3, 0.4) is 0 Å². The summed E-state index contributed by atoms with van der Waals surface area (Å²) in [6.45, 7) is 2.46. The number of nitrogens with one attached hydrogen (secondary N) is 1. The average molecular weight is 450 g/mol. The highest BCUT2D eigenvalue weighted by molar-refractivity contribution is 7.09. The second-order valence-corrected chi connectivity index (χ2v) is 8.51. The van der Waals surface area contributed by atoms with Gasteiger partial charge in [-0.15, -0.1) is 11.3 Å². The van der Waals surface area contributed by atoms with Crippen LogP contribution in [0.15, 0.2) is 35.8 Å². The van der Waals surface area contributed by atoms with Crippen molar-refractivity contribution in [3.05, 3.63) is 52.4 Å². The van der Waals surface area contributed by atoms with E-state index in [0.29, 0.717) is 22.7 Å². The van der Waals surface area contributed by atoms with E-state index >= 15 is 0 Å². The molecule has 1 aliphatic rings. The Labute approximate surface area is 180 Å². The molecule has 1 amide bonds. The number of aromatic nitrogens is 3. The molecule has 0 bridgehead atoms. The normalized spacial score (nSPS) is 15.9. The summed E-state index contributed by atoms with van der Waals surface area (Å²) in [5.74, 6) is 0.0837. The highest BCUT2D eigenvalue weighted by Gasteiger charge is 2.58. The van der Waals surface area contributed by atoms with Crippen LogP contribution in [0, 0.1) is 6.92 Å². The van der Waals surface area contributed by atoms with Gasteiger partial charge in [-0.3, -0.25) is 4.79 Å². The molecule has 6 nitrogen and oxygen atoms in total. The predicted molar refractivity (Wildman–Crippen MR) is 111 cm³/mol. The second kappa shape index (κ2) is 8.08. The summed E-state index contributed by atoms with van der Waals surface area (Å²) in [4.78, 5) is 20.7. The van der Waals surface area contributed by atoms with Gasteiger partial charge in [0.2, 0.25) is 11.5 Å². The van der Waals surface area contributed by atoms with Crippen molar-refractivity contribution in [2.24, 2.45) is 0 Å². The van der Waals surface area contributed by atoms with Crippen molar-refractivity contribution in [3.63, 3.8) is 0 Å². The van der Waals surface area contributed by atoms with E-state index in [1.54, 1.807) is 24.3 Å². The Kier molecular flexibility index (Phi) is 5.61. The number of nitrogens with zero attached hydrogens (tertiary/aromatic N) is 3. The van der Waals surface area contributed by atoms with Crippen molar-refractivity contribution in [2.45, 2.75) is 50.9 Å². The first-order valence-corrected chi connectivity index (χ1v) is 10.7. The predicted octanol–water partition coefficient (Wildman–Crippen LogP) is 4.43. The van der Waals surface area contributed by atoms with E-state index < -0.39 is 29.1 Å². The first-order valence-electron chi connectivity index (χ1n) is 9.84. The van der Waals surface area contributed by atoms with Crippen LogP contribution >= 0.6 is 11.3 Å². The van der Waals surface area contributed by atoms with Crippen LogP contribution in [-0.4, -0.2) is 31.7 Å². The Bertz CT molecular complexity index is 1070. The van der Waals surface area contributed by atoms with Crippen molar-refractivity contribution in [1.29, 1.82) is 0 Å². The van der Waals surface area contributed by atoms with Crippen molar-refractivity contribution >= 4 is 22.9 Å². The van der Waals surface area contributed by atoms with Gasteiger partial charge in [-0.25, -0.2) is 9.97 Å². The number of rotatable bonds is 5. The number of hydrogen-bond acceptors (Lipinski definition) is 5. The molecule has 1 atom stereocenters. The smallest absolute Gasteiger partial charge is 0.374 e. The molecule has 0 spiro atoms. The maximum Gasteiger partial charge on any atom is 0.424 e. The van der Waals surface area contributed by atoms with Crippen LogP contribution < -0.4 is 5.32 Å². The van der Waals surface area contributed by atoms with Gasteiger partial charge in [0.05, 0.1) is 12.1 Å². The number of imidazole rings is 1. The Morgan fingerprint density at radius 1 is 1.23 bits per heavy atom. The Morgan fingerprint density at radius 3 is 2.58 bits per heavy atom. The lowest BCUT2D eigenvalue weighted by molar-refractivity contribution is -0.266. The second-order valence-electron chi connectivity index (χ2n) is 7.65. The van der Waals surface area contributed by atoms with Crippen LogP contribution in [0.1, 0.15) is 35.8 Å². The van der Waals surface area contributed by atoms with Crippen molar-refractivity contribution in [3.8, 4) is 11.3 Å². The maximum absolute atomic E-state index is 13.6. The van der Waals surface area contributed by atoms with Crippen molar-refractivity contribution < 1.29 is 23.1 Å². The number of halogens is 3. The number of aryl methyl sites for hydroxylation is 3. The van der Waals surface area contributed by atoms with E-state index in [-0.39, 0.29) is 0 Å². The van der Waals surface area contributed by atoms with Gasteiger partial charge in [0.1, 0.15) is 10.8 Å². The van der Waals surface area contributed by atoms with E-state index in [9.17, 15) is 23.1 Å². The molecule has 0 aliphatic carbocycles. The molecule has 1 aromatic carbocycles. The van der Waals surface area contributed by atoms with Gasteiger partial charge in [0, 0.05) is 41.5 Å². The van der Waals surface area contributed by atoms with E-state index in [2.05, 4.69) is 19.9 Å². The van der Waals surface area contributed by atoms with Crippen LogP contribution in [0.5, 0.6) is 0 Å². The molecule has 0 saturated carbocycles. The molecule has 3 aromatic rings. The third-order valence-electron chi connectivity index (χ3n) is 5.23. The third-order valence-corrected chi connectivity index (χ3v) is 6.34. The number of fused-ring (bicyclic) bond motifs is 1. The number of carbonyl (C=O) groups is 1. The number of hydrogen-bond donors (Lipinski definition) is 2. The van der Waals surface area contributed by atoms with Crippen LogP contribution in [0.25, 0.3) is 11.3 Å². The first kappa shape index (κ1) is 21.5. The summed E-state index contributed by atoms with van der Waals surface area (Å²) in [5, 5.41) is 13.6. The van der Waals surface area contributed by atoms with Gasteiger partial charge in [-0.2, -0.15) is 13.2 Å². The molecule has 2 aromatic heterocycles. The van der Waals surface area contributed by atoms with E-state index in [1.165, 1.54) is 12.3 Å². The largest absolute Gasteiger partial charge is 0.424 e. The summed E-state index contributed by atoms with van der Waals surface area (Å²) in [6.07, 6.45) is -1.06. The molecule has 0 saturated heterocycles. The average Bonchev–Trinajstić information content (AvgIpc) is 3.34. The van der Waals surface area contributed by atoms with Crippen molar-refractivity contribution in [1.82, 2.24) is 14.5 Å². The van der Waals surface area contributed by atoms with Crippen LogP contribution in [0.4, 0.5) is 18.9 Å². The monoisotopic (exact) mass is 450 g/mol. The van der Waals surface area contributed by atoms with E-state index in [4.69, 9.17) is 0 Å². The minimum atomic E-state index is -5.04. The molecule has 1 aliphatic heterocycles. The minimum Gasteiger partial charge on any atom is -0.374 e. The van der Waals surface area contributed by atoms with E-state index in [1.807, 2.05) is 6.20 Å². The number of alkyl halides is 3. The number of carbonyl (C=O) groups excluding carboxylic acids is 1. The zero-order valence-corrected chi connectivity index (χ0v) is 17.6. The summed E-state index contributed by atoms with van der Waals surface area (Å²) in [7, 11) is 0. The van der Waals surface area contributed by atoms with Crippen molar-refractivity contribution in [2.75, 3.05) is 5.32 Å². The minimum absolute atomic E-state index is 0.331. The van der Waals surface area contributed by atoms with Gasteiger partial charge in [0.25, 0.3) is 0 Å². The van der Waals surface area contributed by atoms with Gasteiger partial charge in [-0.05, 0) is 31.9 Å². The molecular weight excluding hydrogens is 429 g/mol. The quantitative estimate of drug-likeness (QED) is 0.603. The molecule has 1 unspecified atom stereocenters. The zero-order valence-electron chi connectivity index (χ0n) is 16.7. The summed E-state index contributed by atoms with van der Waals surface area (Å²) in [5.41, 5.74) is -0.992. The highest BCUT2D eigenvalue weighted by atomic mass is 32.1. The molecule has 164 valence electrons. The molecular formula is C21H21F3N4O2S. The van der Waals surface area contributed by atoms with Crippen LogP contribution in [0.2, 0.25) is 0 Å². The fraction of sp³-hybridized carbons (Fsp3) is 0.381. The number of anilines is 1. The SMILES string of the molecule is Cc1csc(C(O)(CC(=O)Nc2ccc(-c3cn4c(n3)CCCC4)cc2)C(F)(F)F)n1. The van der Waals surface area contributed by atoms with Gasteiger partial charge in [0.15, 0.2) is 0 Å². The highest BCUT2D eigenvalue weighted by Crippen LogP contribution is 2.43. The Balaban J connectivity index is 1.47. The lowest BCUT2D eigenvalue weighted by atomic mass is 9.99. The number of aliphatic hydroxyl groups is 1. The lowest BCUT2D eigenvalue weighted by Gasteiger charge is -2.27. The lowest BCUT2D eigenvalue weighted by Crippen LogP contribution is -2.45. The molecule has 0 radical (unpaired) electrons.